The molecule has 1 aliphatic rings. The summed E-state index contributed by atoms with van der Waals surface area (Å²) in [5, 5.41) is -0.783. The van der Waals surface area contributed by atoms with Gasteiger partial charge in [-0.15, -0.1) is 0 Å². The highest BCUT2D eigenvalue weighted by atomic mass is 32.2. The van der Waals surface area contributed by atoms with Crippen LogP contribution in [0, 0.1) is 24.5 Å². The molecule has 0 heterocycles. The van der Waals surface area contributed by atoms with Gasteiger partial charge < -0.3 is 4.74 Å². The first-order valence-corrected chi connectivity index (χ1v) is 13.2. The largest absolute Gasteiger partial charge is 0.494 e. The average molecular weight is 485 g/mol. The molecular weight excluding hydrogens is 454 g/mol. The molecule has 3 aromatic rings. The molecule has 0 aliphatic heterocycles. The van der Waals surface area contributed by atoms with E-state index in [0.717, 1.165) is 42.4 Å². The first-order chi connectivity index (χ1) is 16.3. The zero-order chi connectivity index (χ0) is 24.3. The highest BCUT2D eigenvalue weighted by Gasteiger charge is 2.33. The zero-order valence-corrected chi connectivity index (χ0v) is 20.4. The van der Waals surface area contributed by atoms with Crippen LogP contribution in [0.15, 0.2) is 65.6 Å². The molecule has 0 radical (unpaired) electrons. The molecule has 3 aromatic carbocycles. The molecule has 3 nitrogen and oxygen atoms in total. The lowest BCUT2D eigenvalue weighted by Gasteiger charge is -2.27. The first-order valence-electron chi connectivity index (χ1n) is 11.7. The second kappa shape index (κ2) is 10.3. The van der Waals surface area contributed by atoms with Crippen LogP contribution in [0.3, 0.4) is 0 Å². The Morgan fingerprint density at radius 3 is 2.44 bits per heavy atom. The van der Waals surface area contributed by atoms with E-state index in [9.17, 15) is 17.2 Å². The van der Waals surface area contributed by atoms with Crippen LogP contribution in [-0.2, 0) is 22.7 Å². The summed E-state index contributed by atoms with van der Waals surface area (Å²) >= 11 is 0. The number of methoxy groups -OCH3 is 1. The number of ether oxygens (including phenoxy) is 1. The summed E-state index contributed by atoms with van der Waals surface area (Å²) in [4.78, 5) is 0.272. The zero-order valence-electron chi connectivity index (χ0n) is 19.6. The van der Waals surface area contributed by atoms with Crippen LogP contribution in [0.1, 0.15) is 53.2 Å². The number of benzene rings is 3. The van der Waals surface area contributed by atoms with Crippen LogP contribution >= 0.6 is 0 Å². The van der Waals surface area contributed by atoms with E-state index in [0.29, 0.717) is 24.3 Å². The molecule has 34 heavy (non-hydrogen) atoms. The van der Waals surface area contributed by atoms with Gasteiger partial charge in [0.1, 0.15) is 5.82 Å². The Kier molecular flexibility index (Phi) is 7.36. The Morgan fingerprint density at radius 2 is 1.71 bits per heavy atom. The van der Waals surface area contributed by atoms with E-state index in [2.05, 4.69) is 0 Å². The van der Waals surface area contributed by atoms with E-state index < -0.39 is 20.9 Å². The van der Waals surface area contributed by atoms with Crippen molar-refractivity contribution in [2.75, 3.05) is 7.11 Å². The topological polar surface area (TPSA) is 43.4 Å². The molecule has 0 spiro atoms. The number of rotatable bonds is 6. The maximum atomic E-state index is 14.2. The third kappa shape index (κ3) is 5.33. The lowest BCUT2D eigenvalue weighted by atomic mass is 9.84. The molecule has 0 bridgehead atoms. The molecular formula is C28H30F2O3S. The van der Waals surface area contributed by atoms with Crippen molar-refractivity contribution in [2.24, 2.45) is 5.92 Å². The monoisotopic (exact) mass is 484 g/mol. The van der Waals surface area contributed by atoms with Gasteiger partial charge in [-0.25, -0.2) is 17.2 Å². The number of hydrogen-bond acceptors (Lipinski definition) is 3. The van der Waals surface area contributed by atoms with Gasteiger partial charge in [0.15, 0.2) is 21.4 Å². The van der Waals surface area contributed by atoms with Crippen molar-refractivity contribution in [1.29, 1.82) is 0 Å². The summed E-state index contributed by atoms with van der Waals surface area (Å²) in [5.74, 6) is -0.254. The number of hydrogen-bond donors (Lipinski definition) is 0. The van der Waals surface area contributed by atoms with Crippen LogP contribution in [0.4, 0.5) is 8.78 Å². The third-order valence-corrected chi connectivity index (χ3v) is 9.06. The minimum Gasteiger partial charge on any atom is -0.494 e. The van der Waals surface area contributed by atoms with E-state index in [1.54, 1.807) is 42.5 Å². The maximum Gasteiger partial charge on any atom is 0.185 e. The summed E-state index contributed by atoms with van der Waals surface area (Å²) in [7, 11) is -2.23. The van der Waals surface area contributed by atoms with E-state index in [-0.39, 0.29) is 16.5 Å². The Balaban J connectivity index is 1.59. The lowest BCUT2D eigenvalue weighted by Crippen LogP contribution is -2.20. The Labute approximate surface area is 200 Å². The molecule has 1 aliphatic carbocycles. The summed E-state index contributed by atoms with van der Waals surface area (Å²) in [6.07, 6.45) is 4.38. The second-order valence-corrected chi connectivity index (χ2v) is 11.3. The number of aryl methyl sites for hydroxylation is 3. The molecule has 0 fully saturated rings. The molecule has 2 unspecified atom stereocenters. The fourth-order valence-corrected chi connectivity index (χ4v) is 6.72. The summed E-state index contributed by atoms with van der Waals surface area (Å²) in [6.45, 7) is 1.91. The molecule has 2 atom stereocenters. The van der Waals surface area contributed by atoms with Crippen molar-refractivity contribution in [3.63, 3.8) is 0 Å². The van der Waals surface area contributed by atoms with Crippen LogP contribution in [0.5, 0.6) is 5.75 Å². The Hall–Kier alpha value is -2.73. The van der Waals surface area contributed by atoms with Crippen LogP contribution in [0.25, 0.3) is 0 Å². The maximum absolute atomic E-state index is 14.2. The normalized spacial score (nSPS) is 18.6. The summed E-state index contributed by atoms with van der Waals surface area (Å²) in [6, 6.07) is 16.3. The van der Waals surface area contributed by atoms with Crippen LogP contribution in [0.2, 0.25) is 0 Å². The van der Waals surface area contributed by atoms with Gasteiger partial charge in [-0.05, 0) is 104 Å². The Morgan fingerprint density at radius 1 is 0.941 bits per heavy atom. The van der Waals surface area contributed by atoms with Gasteiger partial charge in [-0.2, -0.15) is 0 Å². The Bertz CT molecular complexity index is 1250. The van der Waals surface area contributed by atoms with Gasteiger partial charge in [0.2, 0.25) is 0 Å². The van der Waals surface area contributed by atoms with Crippen LogP contribution in [-0.4, -0.2) is 15.5 Å². The molecule has 0 aromatic heterocycles. The first kappa shape index (κ1) is 24.4. The highest BCUT2D eigenvalue weighted by Crippen LogP contribution is 2.40. The van der Waals surface area contributed by atoms with Gasteiger partial charge >= 0.3 is 0 Å². The van der Waals surface area contributed by atoms with E-state index in [4.69, 9.17) is 4.74 Å². The quantitative estimate of drug-likeness (QED) is 0.388. The average Bonchev–Trinajstić information content (AvgIpc) is 2.80. The molecule has 180 valence electrons. The standard InChI is InChI=1S/C28H30F2O3S/c1-19-3-13-24(14-4-19)34(31,32)28-16-9-20(7-10-22-11-12-23(29)18-25(22)28)5-6-21-8-15-26(30)27(17-21)33-2/h3-4,8,11-15,17-18,20,28H,5-7,9-10,16H2,1-2H3. The minimum absolute atomic E-state index is 0.232. The summed E-state index contributed by atoms with van der Waals surface area (Å²) < 4.78 is 60.3. The van der Waals surface area contributed by atoms with Crippen molar-refractivity contribution in [3.05, 3.63) is 94.6 Å². The molecule has 4 rings (SSSR count). The molecule has 0 saturated carbocycles. The van der Waals surface area contributed by atoms with E-state index in [1.807, 2.05) is 6.92 Å². The van der Waals surface area contributed by atoms with Gasteiger partial charge in [-0.1, -0.05) is 29.8 Å². The molecule has 0 amide bonds. The molecule has 6 heteroatoms. The predicted molar refractivity (Wildman–Crippen MR) is 130 cm³/mol. The summed E-state index contributed by atoms with van der Waals surface area (Å²) in [5.41, 5.74) is 3.46. The van der Waals surface area contributed by atoms with Crippen molar-refractivity contribution < 1.29 is 21.9 Å². The fraction of sp³-hybridized carbons (Fsp3) is 0.357. The number of halogens is 2. The number of sulfone groups is 1. The van der Waals surface area contributed by atoms with E-state index >= 15 is 0 Å². The van der Waals surface area contributed by atoms with Crippen molar-refractivity contribution in [2.45, 2.75) is 55.6 Å². The van der Waals surface area contributed by atoms with Gasteiger partial charge in [0.25, 0.3) is 0 Å². The van der Waals surface area contributed by atoms with Crippen LogP contribution < -0.4 is 4.74 Å². The van der Waals surface area contributed by atoms with Crippen molar-refractivity contribution in [1.82, 2.24) is 0 Å². The van der Waals surface area contributed by atoms with Gasteiger partial charge in [-0.3, -0.25) is 0 Å². The number of fused-ring (bicyclic) bond motifs is 1. The molecule has 0 saturated heterocycles. The van der Waals surface area contributed by atoms with E-state index in [1.165, 1.54) is 25.3 Å². The van der Waals surface area contributed by atoms with Gasteiger partial charge in [0.05, 0.1) is 17.3 Å². The highest BCUT2D eigenvalue weighted by molar-refractivity contribution is 7.91. The third-order valence-electron chi connectivity index (χ3n) is 6.89. The second-order valence-electron chi connectivity index (χ2n) is 9.18. The van der Waals surface area contributed by atoms with Crippen molar-refractivity contribution in [3.8, 4) is 5.75 Å². The van der Waals surface area contributed by atoms with Crippen molar-refractivity contribution >= 4 is 9.84 Å². The lowest BCUT2D eigenvalue weighted by molar-refractivity contribution is 0.382. The fourth-order valence-electron chi connectivity index (χ4n) is 4.87. The predicted octanol–water partition coefficient (Wildman–Crippen LogP) is 6.77. The van der Waals surface area contributed by atoms with Gasteiger partial charge in [0, 0.05) is 0 Å². The smallest absolute Gasteiger partial charge is 0.185 e. The molecule has 0 N–H and O–H groups in total. The minimum atomic E-state index is -3.68. The SMILES string of the molecule is COc1cc(CCC2CCc3ccc(F)cc3C(S(=O)(=O)c3ccc(C)cc3)CC2)ccc1F.